The van der Waals surface area contributed by atoms with E-state index in [9.17, 15) is 4.79 Å². The Bertz CT molecular complexity index is 793. The molecular weight excluding hydrogens is 288 g/mol. The van der Waals surface area contributed by atoms with Gasteiger partial charge in [-0.05, 0) is 29.3 Å². The van der Waals surface area contributed by atoms with Crippen molar-refractivity contribution in [2.24, 2.45) is 0 Å². The van der Waals surface area contributed by atoms with Crippen molar-refractivity contribution in [3.63, 3.8) is 0 Å². The smallest absolute Gasteiger partial charge is 0.307 e. The van der Waals surface area contributed by atoms with Crippen LogP contribution in [0.15, 0.2) is 78.9 Å². The average molecular weight is 304 g/mol. The summed E-state index contributed by atoms with van der Waals surface area (Å²) in [5.74, 6) is 0.611. The molecule has 0 aromatic heterocycles. The number of carboxylic acids is 1. The van der Waals surface area contributed by atoms with Crippen LogP contribution in [0.3, 0.4) is 0 Å². The number of carbonyl (C=O) groups is 1. The number of hydrogen-bond acceptors (Lipinski definition) is 2. The summed E-state index contributed by atoms with van der Waals surface area (Å²) in [6.07, 6.45) is 0.0148. The standard InChI is InChI=1S/C20H16O3/c21-20(22)14-15-10-12-17(13-11-15)23-19-9-5-4-8-18(19)16-6-2-1-3-7-16/h1-13H,14H2,(H,21,22). The van der Waals surface area contributed by atoms with Crippen molar-refractivity contribution in [1.82, 2.24) is 0 Å². The normalized spacial score (nSPS) is 10.3. The van der Waals surface area contributed by atoms with Gasteiger partial charge in [-0.1, -0.05) is 60.7 Å². The lowest BCUT2D eigenvalue weighted by Gasteiger charge is -2.11. The first-order valence-electron chi connectivity index (χ1n) is 7.35. The molecule has 0 bridgehead atoms. The summed E-state index contributed by atoms with van der Waals surface area (Å²) >= 11 is 0. The van der Waals surface area contributed by atoms with Crippen molar-refractivity contribution in [2.45, 2.75) is 6.42 Å². The maximum Gasteiger partial charge on any atom is 0.307 e. The fraction of sp³-hybridized carbons (Fsp3) is 0.0500. The van der Waals surface area contributed by atoms with E-state index in [1.165, 1.54) is 0 Å². The molecule has 3 rings (SSSR count). The predicted octanol–water partition coefficient (Wildman–Crippen LogP) is 4.77. The first-order chi connectivity index (χ1) is 11.2. The highest BCUT2D eigenvalue weighted by atomic mass is 16.5. The van der Waals surface area contributed by atoms with Gasteiger partial charge in [0.15, 0.2) is 0 Å². The van der Waals surface area contributed by atoms with Crippen molar-refractivity contribution in [3.05, 3.63) is 84.4 Å². The molecular formula is C20H16O3. The number of rotatable bonds is 5. The molecule has 23 heavy (non-hydrogen) atoms. The van der Waals surface area contributed by atoms with Gasteiger partial charge in [-0.15, -0.1) is 0 Å². The van der Waals surface area contributed by atoms with Crippen molar-refractivity contribution < 1.29 is 14.6 Å². The zero-order valence-electron chi connectivity index (χ0n) is 12.5. The third-order valence-electron chi connectivity index (χ3n) is 3.48. The minimum absolute atomic E-state index is 0.0148. The molecule has 3 heteroatoms. The average Bonchev–Trinajstić information content (AvgIpc) is 2.57. The number of hydrogen-bond donors (Lipinski definition) is 1. The number of para-hydroxylation sites is 1. The third kappa shape index (κ3) is 3.77. The van der Waals surface area contributed by atoms with Gasteiger partial charge in [0.1, 0.15) is 11.5 Å². The summed E-state index contributed by atoms with van der Waals surface area (Å²) in [6.45, 7) is 0. The number of benzene rings is 3. The topological polar surface area (TPSA) is 46.5 Å². The van der Waals surface area contributed by atoms with Crippen molar-refractivity contribution >= 4 is 5.97 Å². The summed E-state index contributed by atoms with van der Waals surface area (Å²) in [5.41, 5.74) is 2.86. The third-order valence-corrected chi connectivity index (χ3v) is 3.48. The van der Waals surface area contributed by atoms with Crippen LogP contribution >= 0.6 is 0 Å². The summed E-state index contributed by atoms with van der Waals surface area (Å²) in [5, 5.41) is 8.80. The Morgan fingerprint density at radius 3 is 2.17 bits per heavy atom. The molecule has 0 unspecified atom stereocenters. The van der Waals surface area contributed by atoms with Crippen molar-refractivity contribution in [1.29, 1.82) is 0 Å². The highest BCUT2D eigenvalue weighted by molar-refractivity contribution is 5.71. The van der Waals surface area contributed by atoms with Crippen LogP contribution in [0.5, 0.6) is 11.5 Å². The molecule has 1 N–H and O–H groups in total. The Kier molecular flexibility index (Phi) is 4.39. The molecule has 0 spiro atoms. The minimum Gasteiger partial charge on any atom is -0.481 e. The number of carboxylic acid groups (broad SMARTS) is 1. The van der Waals surface area contributed by atoms with E-state index in [1.807, 2.05) is 54.6 Å². The molecule has 0 aliphatic carbocycles. The molecule has 0 saturated carbocycles. The van der Waals surface area contributed by atoms with Gasteiger partial charge in [0.05, 0.1) is 6.42 Å². The van der Waals surface area contributed by atoms with Crippen LogP contribution < -0.4 is 4.74 Å². The van der Waals surface area contributed by atoms with E-state index in [1.54, 1.807) is 24.3 Å². The van der Waals surface area contributed by atoms with Crippen LogP contribution in [0.1, 0.15) is 5.56 Å². The zero-order chi connectivity index (χ0) is 16.1. The largest absolute Gasteiger partial charge is 0.481 e. The maximum atomic E-state index is 10.7. The highest BCUT2D eigenvalue weighted by Gasteiger charge is 2.07. The monoisotopic (exact) mass is 304 g/mol. The lowest BCUT2D eigenvalue weighted by atomic mass is 10.0. The fourth-order valence-corrected chi connectivity index (χ4v) is 2.39. The van der Waals surface area contributed by atoms with E-state index in [2.05, 4.69) is 0 Å². The first-order valence-corrected chi connectivity index (χ1v) is 7.35. The van der Waals surface area contributed by atoms with Crippen LogP contribution in [0.25, 0.3) is 11.1 Å². The Balaban J connectivity index is 1.85. The quantitative estimate of drug-likeness (QED) is 0.738. The van der Waals surface area contributed by atoms with Crippen LogP contribution in [0.2, 0.25) is 0 Å². The van der Waals surface area contributed by atoms with Gasteiger partial charge in [0, 0.05) is 5.56 Å². The molecule has 0 heterocycles. The van der Waals surface area contributed by atoms with E-state index < -0.39 is 5.97 Å². The van der Waals surface area contributed by atoms with Gasteiger partial charge >= 0.3 is 5.97 Å². The molecule has 3 nitrogen and oxygen atoms in total. The minimum atomic E-state index is -0.840. The summed E-state index contributed by atoms with van der Waals surface area (Å²) in [4.78, 5) is 10.7. The Labute approximate surface area is 134 Å². The predicted molar refractivity (Wildman–Crippen MR) is 89.7 cm³/mol. The maximum absolute atomic E-state index is 10.7. The second-order valence-electron chi connectivity index (χ2n) is 5.18. The molecule has 3 aromatic rings. The zero-order valence-corrected chi connectivity index (χ0v) is 12.5. The Hall–Kier alpha value is -3.07. The molecule has 0 amide bonds. The van der Waals surface area contributed by atoms with E-state index in [4.69, 9.17) is 9.84 Å². The highest BCUT2D eigenvalue weighted by Crippen LogP contribution is 2.33. The van der Waals surface area contributed by atoms with Crippen molar-refractivity contribution in [2.75, 3.05) is 0 Å². The lowest BCUT2D eigenvalue weighted by Crippen LogP contribution is -1.99. The van der Waals surface area contributed by atoms with Crippen molar-refractivity contribution in [3.8, 4) is 22.6 Å². The lowest BCUT2D eigenvalue weighted by molar-refractivity contribution is -0.136. The molecule has 0 radical (unpaired) electrons. The second kappa shape index (κ2) is 6.79. The van der Waals surface area contributed by atoms with E-state index in [0.717, 1.165) is 22.4 Å². The Morgan fingerprint density at radius 1 is 0.826 bits per heavy atom. The van der Waals surface area contributed by atoms with Crippen LogP contribution in [0, 0.1) is 0 Å². The first kappa shape index (κ1) is 14.9. The molecule has 0 aliphatic heterocycles. The molecule has 0 atom stereocenters. The van der Waals surface area contributed by atoms with Crippen LogP contribution in [-0.2, 0) is 11.2 Å². The van der Waals surface area contributed by atoms with Gasteiger partial charge < -0.3 is 9.84 Å². The van der Waals surface area contributed by atoms with E-state index in [0.29, 0.717) is 5.75 Å². The summed E-state index contributed by atoms with van der Waals surface area (Å²) in [7, 11) is 0. The van der Waals surface area contributed by atoms with Crippen LogP contribution in [-0.4, -0.2) is 11.1 Å². The molecule has 0 fully saturated rings. The fourth-order valence-electron chi connectivity index (χ4n) is 2.39. The molecule has 3 aromatic carbocycles. The van der Waals surface area contributed by atoms with Gasteiger partial charge in [-0.25, -0.2) is 0 Å². The molecule has 0 saturated heterocycles. The molecule has 0 aliphatic rings. The summed E-state index contributed by atoms with van der Waals surface area (Å²) in [6, 6.07) is 25.0. The van der Waals surface area contributed by atoms with Gasteiger partial charge in [0.25, 0.3) is 0 Å². The van der Waals surface area contributed by atoms with Gasteiger partial charge in [-0.2, -0.15) is 0 Å². The van der Waals surface area contributed by atoms with Gasteiger partial charge in [0.2, 0.25) is 0 Å². The second-order valence-corrected chi connectivity index (χ2v) is 5.18. The molecule has 114 valence electrons. The number of aliphatic carboxylic acids is 1. The van der Waals surface area contributed by atoms with Gasteiger partial charge in [-0.3, -0.25) is 4.79 Å². The van der Waals surface area contributed by atoms with Crippen LogP contribution in [0.4, 0.5) is 0 Å². The Morgan fingerprint density at radius 2 is 1.48 bits per heavy atom. The SMILES string of the molecule is O=C(O)Cc1ccc(Oc2ccccc2-c2ccccc2)cc1. The summed E-state index contributed by atoms with van der Waals surface area (Å²) < 4.78 is 5.98. The number of ether oxygens (including phenoxy) is 1. The van der Waals surface area contributed by atoms with E-state index in [-0.39, 0.29) is 6.42 Å². The van der Waals surface area contributed by atoms with E-state index >= 15 is 0 Å².